The summed E-state index contributed by atoms with van der Waals surface area (Å²) in [5.74, 6) is 0. The molecule has 0 aliphatic carbocycles. The molecule has 1 atom stereocenters. The average Bonchev–Trinajstić information content (AvgIpc) is 2.29. The fraction of sp³-hybridized carbons (Fsp3) is 0.647. The Bertz CT molecular complexity index is 345. The lowest BCUT2D eigenvalue weighted by atomic mass is 9.93. The molecule has 18 heavy (non-hydrogen) atoms. The maximum absolute atomic E-state index is 10.1. The molecule has 0 saturated carbocycles. The molecule has 0 radical (unpaired) electrons. The molecule has 1 heteroatoms. The van der Waals surface area contributed by atoms with Crippen molar-refractivity contribution in [1.29, 1.82) is 0 Å². The number of benzene rings is 1. The molecule has 1 aromatic carbocycles. The van der Waals surface area contributed by atoms with Crippen LogP contribution in [-0.2, 0) is 6.42 Å². The van der Waals surface area contributed by atoms with Crippen LogP contribution in [0.2, 0.25) is 0 Å². The maximum atomic E-state index is 10.1. The molecule has 102 valence electrons. The van der Waals surface area contributed by atoms with Crippen LogP contribution in [0, 0.1) is 20.8 Å². The fourth-order valence-corrected chi connectivity index (χ4v) is 2.68. The van der Waals surface area contributed by atoms with E-state index in [2.05, 4.69) is 39.8 Å². The lowest BCUT2D eigenvalue weighted by Crippen LogP contribution is -2.12. The third kappa shape index (κ3) is 4.81. The van der Waals surface area contributed by atoms with E-state index in [1.54, 1.807) is 0 Å². The smallest absolute Gasteiger partial charge is 0.0580 e. The van der Waals surface area contributed by atoms with E-state index in [1.165, 1.54) is 41.5 Å². The SMILES string of the molecule is CCCCCCC(O)Cc1c(C)cc(C)cc1C. The molecule has 1 aromatic rings. The summed E-state index contributed by atoms with van der Waals surface area (Å²) in [6, 6.07) is 4.43. The molecule has 0 heterocycles. The van der Waals surface area contributed by atoms with Gasteiger partial charge in [0.1, 0.15) is 0 Å². The molecule has 0 amide bonds. The van der Waals surface area contributed by atoms with Gasteiger partial charge >= 0.3 is 0 Å². The largest absolute Gasteiger partial charge is 0.393 e. The van der Waals surface area contributed by atoms with Gasteiger partial charge in [0.05, 0.1) is 6.10 Å². The number of aliphatic hydroxyl groups is 1. The highest BCUT2D eigenvalue weighted by molar-refractivity contribution is 5.37. The van der Waals surface area contributed by atoms with Crippen LogP contribution in [0.5, 0.6) is 0 Å². The minimum Gasteiger partial charge on any atom is -0.393 e. The first-order valence-electron chi connectivity index (χ1n) is 7.29. The molecular weight excluding hydrogens is 220 g/mol. The monoisotopic (exact) mass is 248 g/mol. The zero-order chi connectivity index (χ0) is 13.5. The molecule has 0 spiro atoms. The van der Waals surface area contributed by atoms with Gasteiger partial charge in [0.15, 0.2) is 0 Å². The van der Waals surface area contributed by atoms with Gasteiger partial charge in [0, 0.05) is 0 Å². The van der Waals surface area contributed by atoms with E-state index in [-0.39, 0.29) is 6.10 Å². The van der Waals surface area contributed by atoms with Gasteiger partial charge in [0.25, 0.3) is 0 Å². The Labute approximate surface area is 112 Å². The molecule has 1 rings (SSSR count). The van der Waals surface area contributed by atoms with E-state index in [0.717, 1.165) is 19.3 Å². The number of rotatable bonds is 7. The quantitative estimate of drug-likeness (QED) is 0.705. The van der Waals surface area contributed by atoms with E-state index < -0.39 is 0 Å². The summed E-state index contributed by atoms with van der Waals surface area (Å²) in [7, 11) is 0. The molecular formula is C17H28O. The Hall–Kier alpha value is -0.820. The van der Waals surface area contributed by atoms with Gasteiger partial charge in [-0.1, -0.05) is 50.3 Å². The van der Waals surface area contributed by atoms with Gasteiger partial charge in [-0.3, -0.25) is 0 Å². The van der Waals surface area contributed by atoms with Crippen molar-refractivity contribution in [3.8, 4) is 0 Å². The molecule has 0 aliphatic heterocycles. The zero-order valence-electron chi connectivity index (χ0n) is 12.4. The van der Waals surface area contributed by atoms with Crippen molar-refractivity contribution in [2.75, 3.05) is 0 Å². The molecule has 1 nitrogen and oxygen atoms in total. The number of aliphatic hydroxyl groups excluding tert-OH is 1. The first-order valence-corrected chi connectivity index (χ1v) is 7.29. The van der Waals surface area contributed by atoms with E-state index >= 15 is 0 Å². The molecule has 1 N–H and O–H groups in total. The summed E-state index contributed by atoms with van der Waals surface area (Å²) in [6.07, 6.45) is 6.51. The summed E-state index contributed by atoms with van der Waals surface area (Å²) in [4.78, 5) is 0. The second-order valence-corrected chi connectivity index (χ2v) is 5.58. The minimum absolute atomic E-state index is 0.179. The number of unbranched alkanes of at least 4 members (excludes halogenated alkanes) is 3. The van der Waals surface area contributed by atoms with Crippen LogP contribution in [0.1, 0.15) is 61.3 Å². The van der Waals surface area contributed by atoms with Gasteiger partial charge in [-0.2, -0.15) is 0 Å². The molecule has 1 unspecified atom stereocenters. The minimum atomic E-state index is -0.179. The van der Waals surface area contributed by atoms with Gasteiger partial charge in [-0.05, 0) is 50.3 Å². The van der Waals surface area contributed by atoms with Gasteiger partial charge in [0.2, 0.25) is 0 Å². The number of hydrogen-bond acceptors (Lipinski definition) is 1. The van der Waals surface area contributed by atoms with Crippen LogP contribution in [0.25, 0.3) is 0 Å². The van der Waals surface area contributed by atoms with Crippen LogP contribution in [0.15, 0.2) is 12.1 Å². The van der Waals surface area contributed by atoms with E-state index in [4.69, 9.17) is 0 Å². The predicted molar refractivity (Wildman–Crippen MR) is 79.1 cm³/mol. The summed E-state index contributed by atoms with van der Waals surface area (Å²) >= 11 is 0. The van der Waals surface area contributed by atoms with Crippen LogP contribution in [0.4, 0.5) is 0 Å². The highest BCUT2D eigenvalue weighted by Crippen LogP contribution is 2.19. The molecule has 0 aliphatic rings. The molecule has 0 bridgehead atoms. The number of hydrogen-bond donors (Lipinski definition) is 1. The fourth-order valence-electron chi connectivity index (χ4n) is 2.68. The standard InChI is InChI=1S/C17H28O/c1-5-6-7-8-9-16(18)12-17-14(3)10-13(2)11-15(17)4/h10-11,16,18H,5-9,12H2,1-4H3. The van der Waals surface area contributed by atoms with Crippen molar-refractivity contribution >= 4 is 0 Å². The Morgan fingerprint density at radius 3 is 2.17 bits per heavy atom. The van der Waals surface area contributed by atoms with Crippen molar-refractivity contribution in [2.45, 2.75) is 72.3 Å². The van der Waals surface area contributed by atoms with Crippen molar-refractivity contribution < 1.29 is 5.11 Å². The summed E-state index contributed by atoms with van der Waals surface area (Å²) < 4.78 is 0. The Balaban J connectivity index is 2.51. The summed E-state index contributed by atoms with van der Waals surface area (Å²) in [5, 5.41) is 10.1. The Kier molecular flexibility index (Phi) is 6.42. The second kappa shape index (κ2) is 7.58. The lowest BCUT2D eigenvalue weighted by molar-refractivity contribution is 0.160. The van der Waals surface area contributed by atoms with Gasteiger partial charge < -0.3 is 5.11 Å². The first kappa shape index (κ1) is 15.2. The number of aryl methyl sites for hydroxylation is 3. The molecule has 0 saturated heterocycles. The van der Waals surface area contributed by atoms with E-state index in [9.17, 15) is 5.11 Å². The third-order valence-electron chi connectivity index (χ3n) is 3.67. The van der Waals surface area contributed by atoms with Crippen molar-refractivity contribution in [2.24, 2.45) is 0 Å². The van der Waals surface area contributed by atoms with Crippen LogP contribution >= 0.6 is 0 Å². The average molecular weight is 248 g/mol. The van der Waals surface area contributed by atoms with Gasteiger partial charge in [-0.25, -0.2) is 0 Å². The predicted octanol–water partition coefficient (Wildman–Crippen LogP) is 4.49. The van der Waals surface area contributed by atoms with Crippen molar-refractivity contribution in [3.63, 3.8) is 0 Å². The van der Waals surface area contributed by atoms with Crippen molar-refractivity contribution in [3.05, 3.63) is 34.4 Å². The third-order valence-corrected chi connectivity index (χ3v) is 3.67. The molecule has 0 aromatic heterocycles. The molecule has 0 fully saturated rings. The van der Waals surface area contributed by atoms with E-state index in [1.807, 2.05) is 0 Å². The van der Waals surface area contributed by atoms with Crippen LogP contribution in [-0.4, -0.2) is 11.2 Å². The van der Waals surface area contributed by atoms with Gasteiger partial charge in [-0.15, -0.1) is 0 Å². The summed E-state index contributed by atoms with van der Waals surface area (Å²) in [5.41, 5.74) is 5.29. The topological polar surface area (TPSA) is 20.2 Å². The summed E-state index contributed by atoms with van der Waals surface area (Å²) in [6.45, 7) is 8.65. The lowest BCUT2D eigenvalue weighted by Gasteiger charge is -2.15. The highest BCUT2D eigenvalue weighted by Gasteiger charge is 2.10. The van der Waals surface area contributed by atoms with Crippen LogP contribution < -0.4 is 0 Å². The second-order valence-electron chi connectivity index (χ2n) is 5.58. The van der Waals surface area contributed by atoms with E-state index in [0.29, 0.717) is 0 Å². The zero-order valence-corrected chi connectivity index (χ0v) is 12.4. The normalized spacial score (nSPS) is 12.7. The van der Waals surface area contributed by atoms with Crippen LogP contribution in [0.3, 0.4) is 0 Å². The first-order chi connectivity index (χ1) is 8.54. The highest BCUT2D eigenvalue weighted by atomic mass is 16.3. The Morgan fingerprint density at radius 1 is 1.00 bits per heavy atom. The maximum Gasteiger partial charge on any atom is 0.0580 e. The van der Waals surface area contributed by atoms with Crippen molar-refractivity contribution in [1.82, 2.24) is 0 Å². The Morgan fingerprint density at radius 2 is 1.61 bits per heavy atom.